The van der Waals surface area contributed by atoms with Crippen molar-refractivity contribution in [1.82, 2.24) is 4.72 Å². The van der Waals surface area contributed by atoms with Crippen LogP contribution in [0.5, 0.6) is 0 Å². The van der Waals surface area contributed by atoms with Crippen molar-refractivity contribution in [3.63, 3.8) is 0 Å². The van der Waals surface area contributed by atoms with Gasteiger partial charge in [-0.15, -0.1) is 11.3 Å². The lowest BCUT2D eigenvalue weighted by molar-refractivity contribution is 0.0702. The van der Waals surface area contributed by atoms with Gasteiger partial charge in [-0.05, 0) is 37.7 Å². The van der Waals surface area contributed by atoms with Crippen LogP contribution in [0.2, 0.25) is 0 Å². The molecule has 0 saturated heterocycles. The van der Waals surface area contributed by atoms with Crippen LogP contribution in [0.15, 0.2) is 11.0 Å². The minimum atomic E-state index is -3.62. The number of carboxylic acid groups (broad SMARTS) is 1. The van der Waals surface area contributed by atoms with Crippen molar-refractivity contribution in [1.29, 1.82) is 0 Å². The van der Waals surface area contributed by atoms with Crippen molar-refractivity contribution in [2.75, 3.05) is 6.54 Å². The van der Waals surface area contributed by atoms with Crippen molar-refractivity contribution in [3.8, 4) is 0 Å². The molecule has 0 aromatic carbocycles. The Morgan fingerprint density at radius 1 is 1.48 bits per heavy atom. The van der Waals surface area contributed by atoms with Crippen molar-refractivity contribution in [3.05, 3.63) is 15.8 Å². The van der Waals surface area contributed by atoms with Gasteiger partial charge in [-0.2, -0.15) is 0 Å². The van der Waals surface area contributed by atoms with Crippen LogP contribution in [0.1, 0.15) is 47.2 Å². The maximum atomic E-state index is 12.3. The van der Waals surface area contributed by atoms with Gasteiger partial charge in [0.25, 0.3) is 0 Å². The molecule has 1 aliphatic carbocycles. The first kappa shape index (κ1) is 16.5. The number of rotatable bonds is 5. The molecule has 1 aliphatic rings. The van der Waals surface area contributed by atoms with Gasteiger partial charge in [-0.25, -0.2) is 17.9 Å². The lowest BCUT2D eigenvalue weighted by atomic mass is 9.83. The molecule has 1 fully saturated rings. The van der Waals surface area contributed by atoms with E-state index in [2.05, 4.69) is 11.6 Å². The van der Waals surface area contributed by atoms with E-state index >= 15 is 0 Å². The number of sulfonamides is 1. The molecule has 1 heterocycles. The topological polar surface area (TPSA) is 83.5 Å². The molecule has 2 rings (SSSR count). The first-order valence-corrected chi connectivity index (χ1v) is 9.43. The molecule has 2 unspecified atom stereocenters. The molecule has 0 bridgehead atoms. The highest BCUT2D eigenvalue weighted by atomic mass is 32.2. The third-order valence-corrected chi connectivity index (χ3v) is 6.70. The summed E-state index contributed by atoms with van der Waals surface area (Å²) in [6, 6.07) is 1.24. The van der Waals surface area contributed by atoms with Crippen molar-refractivity contribution in [2.24, 2.45) is 11.8 Å². The van der Waals surface area contributed by atoms with E-state index in [1.165, 1.54) is 12.5 Å². The Kier molecular flexibility index (Phi) is 5.06. The molecule has 1 aromatic rings. The third-order valence-electron chi connectivity index (χ3n) is 3.98. The van der Waals surface area contributed by atoms with Crippen LogP contribution in [0.25, 0.3) is 0 Å². The van der Waals surface area contributed by atoms with Crippen molar-refractivity contribution >= 4 is 27.3 Å². The minimum absolute atomic E-state index is 0.0548. The average molecular weight is 331 g/mol. The van der Waals surface area contributed by atoms with E-state index in [-0.39, 0.29) is 9.77 Å². The van der Waals surface area contributed by atoms with E-state index in [9.17, 15) is 13.2 Å². The molecule has 2 N–H and O–H groups in total. The molecular weight excluding hydrogens is 310 g/mol. The predicted molar refractivity (Wildman–Crippen MR) is 82.3 cm³/mol. The van der Waals surface area contributed by atoms with E-state index < -0.39 is 16.0 Å². The molecule has 0 amide bonds. The summed E-state index contributed by atoms with van der Waals surface area (Å²) < 4.78 is 27.3. The number of aryl methyl sites for hydroxylation is 1. The van der Waals surface area contributed by atoms with Gasteiger partial charge in [0.15, 0.2) is 0 Å². The molecule has 0 spiro atoms. The number of hydrogen-bond acceptors (Lipinski definition) is 4. The molecule has 2 atom stereocenters. The molecule has 7 heteroatoms. The zero-order valence-corrected chi connectivity index (χ0v) is 13.9. The summed E-state index contributed by atoms with van der Waals surface area (Å²) in [5.74, 6) is -0.0678. The van der Waals surface area contributed by atoms with Crippen LogP contribution >= 0.6 is 11.3 Å². The summed E-state index contributed by atoms with van der Waals surface area (Å²) in [5, 5.41) is 8.95. The summed E-state index contributed by atoms with van der Waals surface area (Å²) in [6.07, 6.45) is 4.46. The van der Waals surface area contributed by atoms with Gasteiger partial charge >= 0.3 is 5.97 Å². The normalized spacial score (nSPS) is 23.1. The Bertz CT molecular complexity index is 621. The lowest BCUT2D eigenvalue weighted by Crippen LogP contribution is -2.31. The highest BCUT2D eigenvalue weighted by molar-refractivity contribution is 7.89. The van der Waals surface area contributed by atoms with E-state index in [0.29, 0.717) is 23.3 Å². The van der Waals surface area contributed by atoms with Gasteiger partial charge in [0.2, 0.25) is 10.0 Å². The first-order valence-electron chi connectivity index (χ1n) is 7.13. The highest BCUT2D eigenvalue weighted by Gasteiger charge is 2.25. The minimum Gasteiger partial charge on any atom is -0.477 e. The maximum absolute atomic E-state index is 12.3. The van der Waals surface area contributed by atoms with Crippen LogP contribution < -0.4 is 4.72 Å². The van der Waals surface area contributed by atoms with Crippen LogP contribution in [-0.4, -0.2) is 26.0 Å². The van der Waals surface area contributed by atoms with Crippen LogP contribution in [-0.2, 0) is 10.0 Å². The summed E-state index contributed by atoms with van der Waals surface area (Å²) in [7, 11) is -3.62. The first-order chi connectivity index (χ1) is 9.79. The summed E-state index contributed by atoms with van der Waals surface area (Å²) in [4.78, 5) is 11.6. The maximum Gasteiger partial charge on any atom is 0.345 e. The van der Waals surface area contributed by atoms with Crippen LogP contribution in [0.3, 0.4) is 0 Å². The summed E-state index contributed by atoms with van der Waals surface area (Å²) in [5.41, 5.74) is 0. The van der Waals surface area contributed by atoms with E-state index in [4.69, 9.17) is 5.11 Å². The quantitative estimate of drug-likeness (QED) is 0.869. The Labute approximate surface area is 129 Å². The average Bonchev–Trinajstić information content (AvgIpc) is 2.80. The number of hydrogen-bond donors (Lipinski definition) is 2. The molecule has 21 heavy (non-hydrogen) atoms. The lowest BCUT2D eigenvalue weighted by Gasteiger charge is -2.26. The van der Waals surface area contributed by atoms with Crippen molar-refractivity contribution in [2.45, 2.75) is 44.4 Å². The van der Waals surface area contributed by atoms with Crippen LogP contribution in [0.4, 0.5) is 0 Å². The Morgan fingerprint density at radius 2 is 2.19 bits per heavy atom. The molecule has 0 aliphatic heterocycles. The largest absolute Gasteiger partial charge is 0.477 e. The van der Waals surface area contributed by atoms with Gasteiger partial charge in [0.1, 0.15) is 4.88 Å². The third kappa shape index (κ3) is 4.05. The predicted octanol–water partition coefficient (Wildman–Crippen LogP) is 2.86. The molecule has 5 nitrogen and oxygen atoms in total. The Hall–Kier alpha value is -0.920. The molecule has 1 saturated carbocycles. The van der Waals surface area contributed by atoms with Gasteiger partial charge < -0.3 is 5.11 Å². The number of carboxylic acids is 1. The second kappa shape index (κ2) is 6.46. The molecular formula is C14H21NO4S2. The van der Waals surface area contributed by atoms with E-state index in [0.717, 1.165) is 30.6 Å². The second-order valence-corrected chi connectivity index (χ2v) is 8.82. The fraction of sp³-hybridized carbons (Fsp3) is 0.643. The number of thiophene rings is 1. The second-order valence-electron chi connectivity index (χ2n) is 5.83. The smallest absolute Gasteiger partial charge is 0.345 e. The SMILES string of the molecule is Cc1sc(C(=O)O)cc1S(=O)(=O)NCC1CCCC(C)C1. The molecule has 118 valence electrons. The summed E-state index contributed by atoms with van der Waals surface area (Å²) in [6.45, 7) is 4.27. The van der Waals surface area contributed by atoms with Gasteiger partial charge in [-0.1, -0.05) is 19.8 Å². The Morgan fingerprint density at radius 3 is 2.76 bits per heavy atom. The molecule has 0 radical (unpaired) electrons. The number of nitrogens with one attached hydrogen (secondary N) is 1. The fourth-order valence-electron chi connectivity index (χ4n) is 2.89. The van der Waals surface area contributed by atoms with Crippen LogP contribution in [0, 0.1) is 18.8 Å². The zero-order chi connectivity index (χ0) is 15.6. The van der Waals surface area contributed by atoms with Gasteiger partial charge in [0.05, 0.1) is 4.90 Å². The summed E-state index contributed by atoms with van der Waals surface area (Å²) >= 11 is 0.992. The van der Waals surface area contributed by atoms with E-state index in [1.807, 2.05) is 0 Å². The zero-order valence-electron chi connectivity index (χ0n) is 12.3. The monoisotopic (exact) mass is 331 g/mol. The van der Waals surface area contributed by atoms with E-state index in [1.54, 1.807) is 6.92 Å². The standard InChI is InChI=1S/C14H21NO4S2/c1-9-4-3-5-11(6-9)8-15-21(18,19)13-7-12(14(16)17)20-10(13)2/h7,9,11,15H,3-6,8H2,1-2H3,(H,16,17). The number of carbonyl (C=O) groups is 1. The van der Waals surface area contributed by atoms with Crippen molar-refractivity contribution < 1.29 is 18.3 Å². The van der Waals surface area contributed by atoms with Gasteiger partial charge in [0, 0.05) is 11.4 Å². The van der Waals surface area contributed by atoms with Gasteiger partial charge in [-0.3, -0.25) is 0 Å². The number of aromatic carboxylic acids is 1. The molecule has 1 aromatic heterocycles. The Balaban J connectivity index is 2.06. The fourth-order valence-corrected chi connectivity index (χ4v) is 5.43. The highest BCUT2D eigenvalue weighted by Crippen LogP contribution is 2.29.